The number of anilines is 2. The van der Waals surface area contributed by atoms with Crippen LogP contribution < -0.4 is 11.1 Å². The van der Waals surface area contributed by atoms with E-state index in [1.54, 1.807) is 0 Å². The van der Waals surface area contributed by atoms with Gasteiger partial charge in [-0.05, 0) is 24.3 Å². The zero-order valence-corrected chi connectivity index (χ0v) is 17.5. The summed E-state index contributed by atoms with van der Waals surface area (Å²) in [5, 5.41) is 11.3. The van der Waals surface area contributed by atoms with Crippen molar-refractivity contribution < 1.29 is 9.21 Å². The lowest BCUT2D eigenvalue weighted by Crippen LogP contribution is -2.11. The Kier molecular flexibility index (Phi) is 5.19. The number of nitrogen functional groups attached to an aromatic ring is 1. The number of carbonyl (C=O) groups excluding carboxylic acids is 1. The van der Waals surface area contributed by atoms with Gasteiger partial charge in [-0.15, -0.1) is 16.4 Å². The maximum Gasteiger partial charge on any atom is 0.313 e. The fourth-order valence-electron chi connectivity index (χ4n) is 3.24. The van der Waals surface area contributed by atoms with E-state index in [0.29, 0.717) is 21.5 Å². The molecular formula is C24H17N5O2S. The predicted octanol–water partition coefficient (Wildman–Crippen LogP) is 5.36. The van der Waals surface area contributed by atoms with Crippen molar-refractivity contribution in [1.29, 1.82) is 0 Å². The minimum absolute atomic E-state index is 0.00545. The lowest BCUT2D eigenvalue weighted by Gasteiger charge is -2.05. The van der Waals surface area contributed by atoms with Crippen LogP contribution in [0, 0.1) is 0 Å². The van der Waals surface area contributed by atoms with E-state index in [0.717, 1.165) is 22.4 Å². The highest BCUT2D eigenvalue weighted by molar-refractivity contribution is 7.17. The van der Waals surface area contributed by atoms with Gasteiger partial charge in [-0.2, -0.15) is 0 Å². The van der Waals surface area contributed by atoms with E-state index in [-0.39, 0.29) is 11.9 Å². The van der Waals surface area contributed by atoms with Crippen molar-refractivity contribution in [3.05, 3.63) is 89.8 Å². The van der Waals surface area contributed by atoms with Crippen molar-refractivity contribution in [2.45, 2.75) is 0 Å². The largest absolute Gasteiger partial charge is 0.404 e. The van der Waals surface area contributed by atoms with Crippen LogP contribution in [0.5, 0.6) is 0 Å². The molecule has 8 heteroatoms. The first-order valence-corrected chi connectivity index (χ1v) is 10.6. The summed E-state index contributed by atoms with van der Waals surface area (Å²) in [5.74, 6) is 0.117. The van der Waals surface area contributed by atoms with E-state index < -0.39 is 0 Å². The van der Waals surface area contributed by atoms with Crippen molar-refractivity contribution in [3.63, 3.8) is 0 Å². The van der Waals surface area contributed by atoms with Crippen LogP contribution in [-0.2, 0) is 0 Å². The third-order valence-corrected chi connectivity index (χ3v) is 5.81. The van der Waals surface area contributed by atoms with Crippen molar-refractivity contribution in [3.8, 4) is 33.3 Å². The van der Waals surface area contributed by atoms with Gasteiger partial charge in [-0.1, -0.05) is 65.8 Å². The first kappa shape index (κ1) is 19.7. The average Bonchev–Trinajstić information content (AvgIpc) is 3.47. The van der Waals surface area contributed by atoms with Gasteiger partial charge in [0.1, 0.15) is 9.88 Å². The molecule has 0 saturated heterocycles. The monoisotopic (exact) mass is 439 g/mol. The third kappa shape index (κ3) is 3.99. The molecule has 0 spiro atoms. The topological polar surface area (TPSA) is 107 Å². The number of amides is 1. The van der Waals surface area contributed by atoms with Gasteiger partial charge in [0, 0.05) is 22.4 Å². The first-order valence-electron chi connectivity index (χ1n) is 9.80. The molecule has 0 unspecified atom stereocenters. The molecule has 5 rings (SSSR count). The number of aromatic nitrogens is 3. The molecule has 5 aromatic rings. The minimum Gasteiger partial charge on any atom is -0.404 e. The zero-order chi connectivity index (χ0) is 21.9. The summed E-state index contributed by atoms with van der Waals surface area (Å²) in [6.45, 7) is 0. The van der Waals surface area contributed by atoms with Crippen molar-refractivity contribution >= 4 is 28.9 Å². The molecule has 0 bridgehead atoms. The van der Waals surface area contributed by atoms with Gasteiger partial charge in [0.15, 0.2) is 0 Å². The molecule has 0 aliphatic carbocycles. The number of para-hydroxylation sites is 1. The second kappa shape index (κ2) is 8.44. The molecule has 2 heterocycles. The lowest BCUT2D eigenvalue weighted by atomic mass is 10.1. The fourth-order valence-corrected chi connectivity index (χ4v) is 4.21. The summed E-state index contributed by atoms with van der Waals surface area (Å²) >= 11 is 1.33. The number of thiazole rings is 1. The molecule has 7 nitrogen and oxygen atoms in total. The van der Waals surface area contributed by atoms with Gasteiger partial charge >= 0.3 is 6.01 Å². The quantitative estimate of drug-likeness (QED) is 0.382. The van der Waals surface area contributed by atoms with E-state index >= 15 is 0 Å². The Morgan fingerprint density at radius 1 is 0.844 bits per heavy atom. The lowest BCUT2D eigenvalue weighted by molar-refractivity contribution is 0.103. The van der Waals surface area contributed by atoms with Crippen molar-refractivity contribution in [1.82, 2.24) is 15.2 Å². The Balaban J connectivity index is 1.56. The number of rotatable bonds is 5. The Labute approximate surface area is 187 Å². The van der Waals surface area contributed by atoms with Crippen LogP contribution in [0.1, 0.15) is 9.67 Å². The molecular weight excluding hydrogens is 422 g/mol. The number of hydrogen-bond donors (Lipinski definition) is 2. The third-order valence-electron chi connectivity index (χ3n) is 4.71. The maximum atomic E-state index is 13.2. The van der Waals surface area contributed by atoms with Gasteiger partial charge in [0.25, 0.3) is 5.91 Å². The molecule has 2 aromatic heterocycles. The molecule has 0 fully saturated rings. The Bertz CT molecular complexity index is 1380. The van der Waals surface area contributed by atoms with E-state index in [1.807, 2.05) is 84.9 Å². The second-order valence-electron chi connectivity index (χ2n) is 6.91. The highest BCUT2D eigenvalue weighted by atomic mass is 32.1. The number of nitrogens with one attached hydrogen (secondary N) is 1. The highest BCUT2D eigenvalue weighted by Crippen LogP contribution is 2.35. The Morgan fingerprint density at radius 3 is 2.25 bits per heavy atom. The number of benzene rings is 3. The molecule has 0 aliphatic rings. The fraction of sp³-hybridized carbons (Fsp3) is 0. The maximum absolute atomic E-state index is 13.2. The summed E-state index contributed by atoms with van der Waals surface area (Å²) in [4.78, 5) is 18.5. The van der Waals surface area contributed by atoms with Crippen LogP contribution >= 0.6 is 11.3 Å². The van der Waals surface area contributed by atoms with Crippen molar-refractivity contribution in [2.24, 2.45) is 0 Å². The summed E-state index contributed by atoms with van der Waals surface area (Å²) in [5.41, 5.74) is 9.33. The number of hydrogen-bond acceptors (Lipinski definition) is 7. The van der Waals surface area contributed by atoms with Crippen LogP contribution in [0.4, 0.5) is 11.7 Å². The van der Waals surface area contributed by atoms with Gasteiger partial charge in [-0.25, -0.2) is 4.98 Å². The van der Waals surface area contributed by atoms with E-state index in [2.05, 4.69) is 15.5 Å². The summed E-state index contributed by atoms with van der Waals surface area (Å²) < 4.78 is 5.34. The van der Waals surface area contributed by atoms with Crippen LogP contribution in [0.25, 0.3) is 33.3 Å². The van der Waals surface area contributed by atoms with Crippen LogP contribution in [0.15, 0.2) is 89.3 Å². The molecule has 3 aromatic carbocycles. The average molecular weight is 440 g/mol. The van der Waals surface area contributed by atoms with Crippen LogP contribution in [0.3, 0.4) is 0 Å². The smallest absolute Gasteiger partial charge is 0.313 e. The summed E-state index contributed by atoms with van der Waals surface area (Å²) in [6.07, 6.45) is 0. The molecule has 0 saturated carbocycles. The molecule has 0 radical (unpaired) electrons. The number of carbonyl (C=O) groups is 1. The van der Waals surface area contributed by atoms with E-state index in [9.17, 15) is 4.79 Å². The molecule has 32 heavy (non-hydrogen) atoms. The van der Waals surface area contributed by atoms with E-state index in [4.69, 9.17) is 15.1 Å². The number of nitrogens with zero attached hydrogens (tertiary/aromatic N) is 3. The molecule has 0 aliphatic heterocycles. The van der Waals surface area contributed by atoms with Gasteiger partial charge in [0.05, 0.1) is 5.69 Å². The second-order valence-corrected chi connectivity index (χ2v) is 7.91. The van der Waals surface area contributed by atoms with Gasteiger partial charge < -0.3 is 15.5 Å². The SMILES string of the molecule is Nc1nnc(-c2cccc(-c3nc(-c4ccccc4)c(C(=O)Nc4ccccc4)s3)c2)o1. The first-order chi connectivity index (χ1) is 15.7. The summed E-state index contributed by atoms with van der Waals surface area (Å²) in [6, 6.07) is 26.6. The highest BCUT2D eigenvalue weighted by Gasteiger charge is 2.21. The predicted molar refractivity (Wildman–Crippen MR) is 125 cm³/mol. The zero-order valence-electron chi connectivity index (χ0n) is 16.7. The van der Waals surface area contributed by atoms with Gasteiger partial charge in [0.2, 0.25) is 5.89 Å². The Morgan fingerprint density at radius 2 is 1.53 bits per heavy atom. The molecule has 156 valence electrons. The van der Waals surface area contributed by atoms with Gasteiger partial charge in [-0.3, -0.25) is 4.79 Å². The molecule has 3 N–H and O–H groups in total. The summed E-state index contributed by atoms with van der Waals surface area (Å²) in [7, 11) is 0. The molecule has 1 amide bonds. The van der Waals surface area contributed by atoms with E-state index in [1.165, 1.54) is 11.3 Å². The normalized spacial score (nSPS) is 10.8. The molecule has 0 atom stereocenters. The Hall–Kier alpha value is -4.30. The standard InChI is InChI=1S/C24H17N5O2S/c25-24-29-28-22(31-24)16-10-7-11-17(14-16)23-27-19(15-8-3-1-4-9-15)20(32-23)21(30)26-18-12-5-2-6-13-18/h1-14H,(H2,25,29)(H,26,30). The van der Waals surface area contributed by atoms with Crippen LogP contribution in [-0.4, -0.2) is 21.1 Å². The van der Waals surface area contributed by atoms with Crippen molar-refractivity contribution in [2.75, 3.05) is 11.1 Å². The number of nitrogens with two attached hydrogens (primary N) is 1. The minimum atomic E-state index is -0.209. The van der Waals surface area contributed by atoms with Crippen LogP contribution in [0.2, 0.25) is 0 Å².